The molecule has 1 saturated heterocycles. The second-order valence-corrected chi connectivity index (χ2v) is 9.80. The summed E-state index contributed by atoms with van der Waals surface area (Å²) in [5.74, 6) is -1.14. The minimum atomic E-state index is -4.45. The first-order valence-electron chi connectivity index (χ1n) is 12.5. The van der Waals surface area contributed by atoms with Gasteiger partial charge in [0.2, 0.25) is 5.91 Å². The van der Waals surface area contributed by atoms with Gasteiger partial charge in [0.05, 0.1) is 17.5 Å². The lowest BCUT2D eigenvalue weighted by molar-refractivity contribution is -0.137. The maximum absolute atomic E-state index is 13.6. The zero-order chi connectivity index (χ0) is 26.0. The van der Waals surface area contributed by atoms with Crippen LogP contribution >= 0.6 is 0 Å². The van der Waals surface area contributed by atoms with Crippen molar-refractivity contribution in [2.45, 2.75) is 31.6 Å². The number of nitrogens with zero attached hydrogens (tertiary/aromatic N) is 2. The van der Waals surface area contributed by atoms with Gasteiger partial charge in [-0.1, -0.05) is 42.5 Å². The molecule has 3 aromatic carbocycles. The van der Waals surface area contributed by atoms with Gasteiger partial charge in [-0.25, -0.2) is 4.39 Å². The third-order valence-electron chi connectivity index (χ3n) is 7.38. The fourth-order valence-electron chi connectivity index (χ4n) is 5.46. The Morgan fingerprint density at radius 2 is 1.73 bits per heavy atom. The Hall–Kier alpha value is -3.39. The van der Waals surface area contributed by atoms with Crippen molar-refractivity contribution in [3.8, 4) is 0 Å². The highest BCUT2D eigenvalue weighted by Crippen LogP contribution is 2.39. The number of nitrogens with one attached hydrogen (secondary N) is 1. The van der Waals surface area contributed by atoms with Crippen molar-refractivity contribution in [2.24, 2.45) is 5.92 Å². The molecule has 3 aromatic rings. The van der Waals surface area contributed by atoms with Crippen LogP contribution in [0.1, 0.15) is 22.3 Å². The van der Waals surface area contributed by atoms with Gasteiger partial charge >= 0.3 is 6.18 Å². The molecule has 2 aliphatic heterocycles. The first-order valence-corrected chi connectivity index (χ1v) is 12.5. The van der Waals surface area contributed by atoms with Crippen LogP contribution in [0, 0.1) is 11.7 Å². The second kappa shape index (κ2) is 10.5. The van der Waals surface area contributed by atoms with Gasteiger partial charge in [0.25, 0.3) is 0 Å². The molecule has 8 heteroatoms. The number of rotatable bonds is 6. The third-order valence-corrected chi connectivity index (χ3v) is 7.38. The molecule has 194 valence electrons. The van der Waals surface area contributed by atoms with Gasteiger partial charge < -0.3 is 10.2 Å². The molecule has 1 N–H and O–H groups in total. The Morgan fingerprint density at radius 1 is 0.946 bits per heavy atom. The molecule has 4 nitrogen and oxygen atoms in total. The average Bonchev–Trinajstić information content (AvgIpc) is 2.89. The summed E-state index contributed by atoms with van der Waals surface area (Å²) in [7, 11) is 0. The molecule has 2 unspecified atom stereocenters. The Labute approximate surface area is 213 Å². The summed E-state index contributed by atoms with van der Waals surface area (Å²) in [4.78, 5) is 17.8. The fourth-order valence-corrected chi connectivity index (χ4v) is 5.46. The van der Waals surface area contributed by atoms with Crippen molar-refractivity contribution in [1.29, 1.82) is 0 Å². The van der Waals surface area contributed by atoms with Gasteiger partial charge in [0.1, 0.15) is 5.82 Å². The number of piperazine rings is 1. The van der Waals surface area contributed by atoms with E-state index in [1.807, 2.05) is 18.2 Å². The van der Waals surface area contributed by atoms with Crippen LogP contribution in [0.2, 0.25) is 0 Å². The van der Waals surface area contributed by atoms with E-state index < -0.39 is 17.7 Å². The molecular weight excluding hydrogens is 482 g/mol. The van der Waals surface area contributed by atoms with Crippen LogP contribution in [-0.2, 0) is 30.4 Å². The number of alkyl halides is 3. The van der Waals surface area contributed by atoms with E-state index in [9.17, 15) is 22.4 Å². The van der Waals surface area contributed by atoms with Crippen LogP contribution in [0.5, 0.6) is 0 Å². The standard InChI is InChI=1S/C29H29F4N3O/c30-24-8-4-7-21(15-24)18-34-28(37)25-17-22-16-23(29(31,32)33)9-10-26(22)36-14-13-35(19-27(25)36)12-11-20-5-2-1-3-6-20/h1-10,15-16,25,27H,11-14,17-19H2,(H,34,37). The van der Waals surface area contributed by atoms with Crippen LogP contribution < -0.4 is 10.2 Å². The molecule has 0 radical (unpaired) electrons. The van der Waals surface area contributed by atoms with Crippen molar-refractivity contribution in [1.82, 2.24) is 10.2 Å². The summed E-state index contributed by atoms with van der Waals surface area (Å²) < 4.78 is 53.9. The first kappa shape index (κ1) is 25.3. The van der Waals surface area contributed by atoms with Crippen LogP contribution in [0.25, 0.3) is 0 Å². The zero-order valence-corrected chi connectivity index (χ0v) is 20.3. The van der Waals surface area contributed by atoms with Crippen LogP contribution in [0.4, 0.5) is 23.2 Å². The number of carbonyl (C=O) groups excluding carboxylic acids is 1. The SMILES string of the molecule is O=C(NCc1cccc(F)c1)C1Cc2cc(C(F)(F)F)ccc2N2CCN(CCc3ccccc3)CC12. The molecule has 0 aromatic heterocycles. The monoisotopic (exact) mass is 511 g/mol. The van der Waals surface area contributed by atoms with E-state index in [1.165, 1.54) is 23.8 Å². The van der Waals surface area contributed by atoms with Crippen molar-refractivity contribution >= 4 is 11.6 Å². The molecule has 2 atom stereocenters. The fraction of sp³-hybridized carbons (Fsp3) is 0.345. The maximum atomic E-state index is 13.6. The Morgan fingerprint density at radius 3 is 2.49 bits per heavy atom. The third kappa shape index (κ3) is 5.80. The van der Waals surface area contributed by atoms with Gasteiger partial charge in [0, 0.05) is 38.4 Å². The minimum Gasteiger partial charge on any atom is -0.365 e. The number of anilines is 1. The summed E-state index contributed by atoms with van der Waals surface area (Å²) >= 11 is 0. The van der Waals surface area contributed by atoms with E-state index in [1.54, 1.807) is 18.2 Å². The lowest BCUT2D eigenvalue weighted by Crippen LogP contribution is -2.61. The Balaban J connectivity index is 1.36. The normalized spacial score (nSPS) is 19.7. The number of hydrogen-bond donors (Lipinski definition) is 1. The number of amides is 1. The number of benzene rings is 3. The van der Waals surface area contributed by atoms with E-state index >= 15 is 0 Å². The summed E-state index contributed by atoms with van der Waals surface area (Å²) in [6.07, 6.45) is -3.34. The highest BCUT2D eigenvalue weighted by Gasteiger charge is 2.42. The maximum Gasteiger partial charge on any atom is 0.416 e. The van der Waals surface area contributed by atoms with Crippen molar-refractivity contribution < 1.29 is 22.4 Å². The quantitative estimate of drug-likeness (QED) is 0.470. The largest absolute Gasteiger partial charge is 0.416 e. The summed E-state index contributed by atoms with van der Waals surface area (Å²) in [6, 6.07) is 19.9. The van der Waals surface area contributed by atoms with Crippen LogP contribution in [0.15, 0.2) is 72.8 Å². The van der Waals surface area contributed by atoms with Gasteiger partial charge in [-0.15, -0.1) is 0 Å². The van der Waals surface area contributed by atoms with Gasteiger partial charge in [-0.3, -0.25) is 9.69 Å². The Kier molecular flexibility index (Phi) is 7.20. The van der Waals surface area contributed by atoms with E-state index in [2.05, 4.69) is 27.2 Å². The predicted octanol–water partition coefficient (Wildman–Crippen LogP) is 5.07. The lowest BCUT2D eigenvalue weighted by Gasteiger charge is -2.49. The van der Waals surface area contributed by atoms with Crippen molar-refractivity contribution in [3.05, 3.63) is 101 Å². The molecule has 0 spiro atoms. The van der Waals surface area contributed by atoms with Crippen LogP contribution in [0.3, 0.4) is 0 Å². The molecule has 0 aliphatic carbocycles. The summed E-state index contributed by atoms with van der Waals surface area (Å²) in [5, 5.41) is 2.90. The first-order chi connectivity index (χ1) is 17.8. The summed E-state index contributed by atoms with van der Waals surface area (Å²) in [5.41, 5.74) is 2.48. The molecule has 37 heavy (non-hydrogen) atoms. The predicted molar refractivity (Wildman–Crippen MR) is 135 cm³/mol. The topological polar surface area (TPSA) is 35.6 Å². The molecule has 2 aliphatic rings. The average molecular weight is 512 g/mol. The molecule has 0 bridgehead atoms. The van der Waals surface area contributed by atoms with E-state index in [0.29, 0.717) is 24.2 Å². The molecular formula is C29H29F4N3O. The number of carbonyl (C=O) groups is 1. The van der Waals surface area contributed by atoms with E-state index in [0.717, 1.165) is 31.3 Å². The van der Waals surface area contributed by atoms with Crippen molar-refractivity contribution in [2.75, 3.05) is 31.1 Å². The number of fused-ring (bicyclic) bond motifs is 3. The molecule has 0 saturated carbocycles. The minimum absolute atomic E-state index is 0.160. The highest BCUT2D eigenvalue weighted by molar-refractivity contribution is 5.82. The zero-order valence-electron chi connectivity index (χ0n) is 20.3. The molecule has 5 rings (SSSR count). The number of hydrogen-bond acceptors (Lipinski definition) is 3. The van der Waals surface area contributed by atoms with Gasteiger partial charge in [-0.2, -0.15) is 13.2 Å². The molecule has 2 heterocycles. The summed E-state index contributed by atoms with van der Waals surface area (Å²) in [6.45, 7) is 3.04. The van der Waals surface area contributed by atoms with E-state index in [4.69, 9.17) is 0 Å². The van der Waals surface area contributed by atoms with Crippen LogP contribution in [-0.4, -0.2) is 43.0 Å². The highest BCUT2D eigenvalue weighted by atomic mass is 19.4. The second-order valence-electron chi connectivity index (χ2n) is 9.80. The molecule has 1 fully saturated rings. The lowest BCUT2D eigenvalue weighted by atomic mass is 9.82. The number of halogens is 4. The smallest absolute Gasteiger partial charge is 0.365 e. The van der Waals surface area contributed by atoms with E-state index in [-0.39, 0.29) is 30.7 Å². The Bertz CT molecular complexity index is 1250. The van der Waals surface area contributed by atoms with Crippen molar-refractivity contribution in [3.63, 3.8) is 0 Å². The van der Waals surface area contributed by atoms with Gasteiger partial charge in [-0.05, 0) is 59.9 Å². The molecule has 1 amide bonds. The van der Waals surface area contributed by atoms with Gasteiger partial charge in [0.15, 0.2) is 0 Å².